The molecule has 1 rings (SSSR count). The van der Waals surface area contributed by atoms with Crippen molar-refractivity contribution >= 4 is 17.3 Å². The summed E-state index contributed by atoms with van der Waals surface area (Å²) in [7, 11) is 0. The Kier molecular flexibility index (Phi) is 3.40. The van der Waals surface area contributed by atoms with Crippen LogP contribution < -0.4 is 5.32 Å². The largest absolute Gasteiger partial charge is 0.311 e. The first-order valence-corrected chi connectivity index (χ1v) is 4.50. The van der Waals surface area contributed by atoms with Gasteiger partial charge in [-0.15, -0.1) is 0 Å². The van der Waals surface area contributed by atoms with Gasteiger partial charge in [-0.3, -0.25) is 4.79 Å². The van der Waals surface area contributed by atoms with Gasteiger partial charge in [-0.05, 0) is 37.1 Å². The third kappa shape index (κ3) is 2.69. The zero-order valence-electron chi connectivity index (χ0n) is 8.66. The van der Waals surface area contributed by atoms with Gasteiger partial charge in [-0.1, -0.05) is 6.08 Å². The molecular weight excluding hydrogens is 176 g/mol. The molecule has 0 atom stereocenters. The maximum Gasteiger partial charge on any atom is 0.222 e. The summed E-state index contributed by atoms with van der Waals surface area (Å²) in [5, 5.41) is 2.65. The normalized spacial score (nSPS) is 11.2. The third-order valence-electron chi connectivity index (χ3n) is 1.95. The number of carbonyl (C=O) groups excluding carboxylic acids is 1. The molecule has 1 amide bonds. The van der Waals surface area contributed by atoms with Crippen LogP contribution >= 0.6 is 0 Å². The summed E-state index contributed by atoms with van der Waals surface area (Å²) >= 11 is 0. The SMILES string of the molecule is CC=C(C)c1ccnc(NC(C)=O)c1. The van der Waals surface area contributed by atoms with Crippen molar-refractivity contribution in [1.29, 1.82) is 0 Å². The lowest BCUT2D eigenvalue weighted by molar-refractivity contribution is -0.114. The predicted molar refractivity (Wildman–Crippen MR) is 57.9 cm³/mol. The van der Waals surface area contributed by atoms with Crippen molar-refractivity contribution in [1.82, 2.24) is 4.98 Å². The second-order valence-electron chi connectivity index (χ2n) is 3.08. The minimum absolute atomic E-state index is 0.104. The highest BCUT2D eigenvalue weighted by Gasteiger charge is 1.99. The van der Waals surface area contributed by atoms with Crippen molar-refractivity contribution in [3.05, 3.63) is 30.0 Å². The Bertz CT molecular complexity index is 369. The summed E-state index contributed by atoms with van der Waals surface area (Å²) < 4.78 is 0. The van der Waals surface area contributed by atoms with E-state index in [9.17, 15) is 4.79 Å². The van der Waals surface area contributed by atoms with Gasteiger partial charge >= 0.3 is 0 Å². The molecule has 1 aromatic heterocycles. The highest BCUT2D eigenvalue weighted by Crippen LogP contribution is 2.15. The number of nitrogens with zero attached hydrogens (tertiary/aromatic N) is 1. The molecule has 1 aromatic rings. The first-order valence-electron chi connectivity index (χ1n) is 4.50. The number of nitrogens with one attached hydrogen (secondary N) is 1. The van der Waals surface area contributed by atoms with Crippen LogP contribution in [0.5, 0.6) is 0 Å². The molecule has 0 fully saturated rings. The smallest absolute Gasteiger partial charge is 0.222 e. The Hall–Kier alpha value is -1.64. The van der Waals surface area contributed by atoms with Crippen LogP contribution in [0.2, 0.25) is 0 Å². The second-order valence-corrected chi connectivity index (χ2v) is 3.08. The molecule has 0 aliphatic rings. The van der Waals surface area contributed by atoms with Gasteiger partial charge in [-0.25, -0.2) is 4.98 Å². The van der Waals surface area contributed by atoms with Crippen LogP contribution in [0, 0.1) is 0 Å². The Morgan fingerprint density at radius 3 is 2.79 bits per heavy atom. The lowest BCUT2D eigenvalue weighted by atomic mass is 10.1. The van der Waals surface area contributed by atoms with E-state index < -0.39 is 0 Å². The van der Waals surface area contributed by atoms with Gasteiger partial charge in [-0.2, -0.15) is 0 Å². The van der Waals surface area contributed by atoms with Crippen LogP contribution in [0.1, 0.15) is 26.3 Å². The van der Waals surface area contributed by atoms with Crippen molar-refractivity contribution in [2.75, 3.05) is 5.32 Å². The highest BCUT2D eigenvalue weighted by molar-refractivity contribution is 5.88. The number of rotatable bonds is 2. The van der Waals surface area contributed by atoms with Crippen molar-refractivity contribution in [2.45, 2.75) is 20.8 Å². The second kappa shape index (κ2) is 4.56. The molecule has 14 heavy (non-hydrogen) atoms. The fourth-order valence-corrected chi connectivity index (χ4v) is 1.09. The first kappa shape index (κ1) is 10.4. The molecular formula is C11H14N2O. The molecule has 0 saturated heterocycles. The average Bonchev–Trinajstić information content (AvgIpc) is 2.16. The Labute approximate surface area is 83.9 Å². The zero-order valence-corrected chi connectivity index (χ0v) is 8.66. The van der Waals surface area contributed by atoms with E-state index in [2.05, 4.69) is 10.3 Å². The van der Waals surface area contributed by atoms with E-state index in [1.807, 2.05) is 32.1 Å². The number of aromatic nitrogens is 1. The molecule has 0 unspecified atom stereocenters. The molecule has 0 aliphatic carbocycles. The Morgan fingerprint density at radius 1 is 1.50 bits per heavy atom. The van der Waals surface area contributed by atoms with Gasteiger partial charge in [0.1, 0.15) is 5.82 Å². The van der Waals surface area contributed by atoms with Crippen LogP contribution in [-0.4, -0.2) is 10.9 Å². The monoisotopic (exact) mass is 190 g/mol. The van der Waals surface area contributed by atoms with Crippen molar-refractivity contribution in [3.63, 3.8) is 0 Å². The number of amides is 1. The minimum atomic E-state index is -0.104. The molecule has 3 heteroatoms. The number of hydrogen-bond donors (Lipinski definition) is 1. The first-order chi connectivity index (χ1) is 6.63. The quantitative estimate of drug-likeness (QED) is 0.778. The van der Waals surface area contributed by atoms with E-state index in [-0.39, 0.29) is 5.91 Å². The number of allylic oxidation sites excluding steroid dienone is 2. The van der Waals surface area contributed by atoms with Gasteiger partial charge in [0.2, 0.25) is 5.91 Å². The standard InChI is InChI=1S/C11H14N2O/c1-4-8(2)10-5-6-12-11(7-10)13-9(3)14/h4-7H,1-3H3,(H,12,13,14). The van der Waals surface area contributed by atoms with E-state index in [1.54, 1.807) is 6.20 Å². The number of hydrogen-bond acceptors (Lipinski definition) is 2. The molecule has 0 spiro atoms. The molecule has 0 bridgehead atoms. The molecule has 1 heterocycles. The lowest BCUT2D eigenvalue weighted by Gasteiger charge is -2.04. The van der Waals surface area contributed by atoms with E-state index in [1.165, 1.54) is 12.5 Å². The highest BCUT2D eigenvalue weighted by atomic mass is 16.1. The van der Waals surface area contributed by atoms with Crippen molar-refractivity contribution in [3.8, 4) is 0 Å². The van der Waals surface area contributed by atoms with Gasteiger partial charge in [0.15, 0.2) is 0 Å². The Morgan fingerprint density at radius 2 is 2.21 bits per heavy atom. The maximum absolute atomic E-state index is 10.8. The number of carbonyl (C=O) groups is 1. The van der Waals surface area contributed by atoms with Crippen molar-refractivity contribution in [2.24, 2.45) is 0 Å². The van der Waals surface area contributed by atoms with E-state index >= 15 is 0 Å². The van der Waals surface area contributed by atoms with Crippen LogP contribution in [0.4, 0.5) is 5.82 Å². The molecule has 1 N–H and O–H groups in total. The van der Waals surface area contributed by atoms with Gasteiger partial charge in [0, 0.05) is 13.1 Å². The van der Waals surface area contributed by atoms with E-state index in [0.29, 0.717) is 5.82 Å². The summed E-state index contributed by atoms with van der Waals surface area (Å²) in [6, 6.07) is 3.78. The lowest BCUT2D eigenvalue weighted by Crippen LogP contribution is -2.07. The number of anilines is 1. The summed E-state index contributed by atoms with van der Waals surface area (Å²) in [4.78, 5) is 14.8. The molecule has 0 aromatic carbocycles. The summed E-state index contributed by atoms with van der Waals surface area (Å²) in [6.45, 7) is 5.47. The van der Waals surface area contributed by atoms with Gasteiger partial charge in [0.05, 0.1) is 0 Å². The van der Waals surface area contributed by atoms with Crippen molar-refractivity contribution < 1.29 is 4.79 Å². The predicted octanol–water partition coefficient (Wildman–Crippen LogP) is 2.46. The van der Waals surface area contributed by atoms with Gasteiger partial charge < -0.3 is 5.32 Å². The van der Waals surface area contributed by atoms with Crippen LogP contribution in [0.3, 0.4) is 0 Å². The number of pyridine rings is 1. The Balaban J connectivity index is 2.95. The van der Waals surface area contributed by atoms with Crippen LogP contribution in [0.15, 0.2) is 24.4 Å². The fourth-order valence-electron chi connectivity index (χ4n) is 1.09. The van der Waals surface area contributed by atoms with E-state index in [4.69, 9.17) is 0 Å². The van der Waals surface area contributed by atoms with Gasteiger partial charge in [0.25, 0.3) is 0 Å². The fraction of sp³-hybridized carbons (Fsp3) is 0.273. The molecule has 3 nitrogen and oxygen atoms in total. The topological polar surface area (TPSA) is 42.0 Å². The molecule has 0 radical (unpaired) electrons. The molecule has 0 saturated carbocycles. The summed E-state index contributed by atoms with van der Waals surface area (Å²) in [5.74, 6) is 0.490. The van der Waals surface area contributed by atoms with Crippen LogP contribution in [-0.2, 0) is 4.79 Å². The molecule has 0 aliphatic heterocycles. The van der Waals surface area contributed by atoms with E-state index in [0.717, 1.165) is 5.56 Å². The van der Waals surface area contributed by atoms with Crippen LogP contribution in [0.25, 0.3) is 5.57 Å². The third-order valence-corrected chi connectivity index (χ3v) is 1.95. The summed E-state index contributed by atoms with van der Waals surface area (Å²) in [5.41, 5.74) is 2.24. The minimum Gasteiger partial charge on any atom is -0.311 e. The molecule has 74 valence electrons. The zero-order chi connectivity index (χ0) is 10.6. The summed E-state index contributed by atoms with van der Waals surface area (Å²) in [6.07, 6.45) is 3.71. The maximum atomic E-state index is 10.8. The average molecular weight is 190 g/mol.